The predicted octanol–water partition coefficient (Wildman–Crippen LogP) is 5.88. The molecule has 0 N–H and O–H groups in total. The summed E-state index contributed by atoms with van der Waals surface area (Å²) in [6, 6.07) is 24.8. The number of nitrogens with zero attached hydrogens (tertiary/aromatic N) is 1. The molecule has 0 spiro atoms. The Morgan fingerprint density at radius 3 is 2.39 bits per heavy atom. The molecule has 4 aromatic carbocycles. The van der Waals surface area contributed by atoms with Gasteiger partial charge in [-0.2, -0.15) is 0 Å². The lowest BCUT2D eigenvalue weighted by Crippen LogP contribution is -1.98. The molecule has 0 radical (unpaired) electrons. The van der Waals surface area contributed by atoms with Crippen molar-refractivity contribution >= 4 is 31.4 Å². The normalized spacial score (nSPS) is 13.8. The van der Waals surface area contributed by atoms with E-state index in [4.69, 9.17) is 4.74 Å². The van der Waals surface area contributed by atoms with Crippen molar-refractivity contribution in [1.29, 1.82) is 0 Å². The molecule has 150 valence electrons. The van der Waals surface area contributed by atoms with Crippen LogP contribution in [0.2, 0.25) is 0 Å². The summed E-state index contributed by atoms with van der Waals surface area (Å²) in [7, 11) is -1.92. The summed E-state index contributed by atoms with van der Waals surface area (Å²) in [6.07, 6.45) is 1.77. The minimum atomic E-state index is -3.56. The molecule has 0 saturated carbocycles. The number of hydrogen-bond acceptors (Lipinski definition) is 4. The zero-order chi connectivity index (χ0) is 21.2. The standard InChI is InChI=1S/C26H17NO3S/c1-30-17-6-4-5-16(15-17)25-21-10-12-22-18(19(21)13-14-27-25)9-11-23-20-7-2-3-8-24(20)31(28,29)26(22)23/h2-15H,1H3. The highest BCUT2D eigenvalue weighted by atomic mass is 32.2. The monoisotopic (exact) mass is 423 g/mol. The highest BCUT2D eigenvalue weighted by molar-refractivity contribution is 7.92. The zero-order valence-corrected chi connectivity index (χ0v) is 17.5. The van der Waals surface area contributed by atoms with Gasteiger partial charge in [-0.3, -0.25) is 4.98 Å². The van der Waals surface area contributed by atoms with Gasteiger partial charge in [0.05, 0.1) is 22.6 Å². The molecule has 0 amide bonds. The van der Waals surface area contributed by atoms with Crippen LogP contribution in [0.5, 0.6) is 5.75 Å². The third kappa shape index (κ3) is 2.47. The Balaban J connectivity index is 1.67. The summed E-state index contributed by atoms with van der Waals surface area (Å²) in [5.74, 6) is 0.763. The molecule has 2 heterocycles. The third-order valence-corrected chi connectivity index (χ3v) is 7.88. The highest BCUT2D eigenvalue weighted by Gasteiger charge is 2.34. The van der Waals surface area contributed by atoms with Gasteiger partial charge in [-0.05, 0) is 35.0 Å². The first-order valence-electron chi connectivity index (χ1n) is 9.93. The summed E-state index contributed by atoms with van der Waals surface area (Å²) >= 11 is 0. The molecule has 5 aromatic rings. The van der Waals surface area contributed by atoms with E-state index in [0.717, 1.165) is 49.7 Å². The van der Waals surface area contributed by atoms with Crippen LogP contribution >= 0.6 is 0 Å². The van der Waals surface area contributed by atoms with Gasteiger partial charge in [-0.15, -0.1) is 0 Å². The van der Waals surface area contributed by atoms with Crippen LogP contribution in [0.15, 0.2) is 94.9 Å². The minimum absolute atomic E-state index is 0.379. The van der Waals surface area contributed by atoms with E-state index >= 15 is 0 Å². The van der Waals surface area contributed by atoms with Crippen molar-refractivity contribution in [3.63, 3.8) is 0 Å². The topological polar surface area (TPSA) is 56.3 Å². The van der Waals surface area contributed by atoms with E-state index in [0.29, 0.717) is 9.79 Å². The van der Waals surface area contributed by atoms with Crippen LogP contribution in [0.4, 0.5) is 0 Å². The van der Waals surface area contributed by atoms with Crippen molar-refractivity contribution in [2.75, 3.05) is 7.11 Å². The second kappa shape index (κ2) is 6.40. The predicted molar refractivity (Wildman–Crippen MR) is 122 cm³/mol. The number of benzene rings is 4. The average Bonchev–Trinajstić information content (AvgIpc) is 3.06. The number of pyridine rings is 1. The van der Waals surface area contributed by atoms with Gasteiger partial charge in [0.2, 0.25) is 9.84 Å². The Hall–Kier alpha value is -3.70. The quantitative estimate of drug-likeness (QED) is 0.327. The molecule has 1 aromatic heterocycles. The molecule has 0 fully saturated rings. The van der Waals surface area contributed by atoms with E-state index in [-0.39, 0.29) is 0 Å². The van der Waals surface area contributed by atoms with Crippen LogP contribution in [-0.4, -0.2) is 20.5 Å². The fraction of sp³-hybridized carbons (Fsp3) is 0.0385. The van der Waals surface area contributed by atoms with Crippen LogP contribution in [0.1, 0.15) is 0 Å². The number of aromatic nitrogens is 1. The fourth-order valence-corrected chi connectivity index (χ4v) is 6.46. The van der Waals surface area contributed by atoms with Crippen LogP contribution < -0.4 is 4.74 Å². The lowest BCUT2D eigenvalue weighted by molar-refractivity contribution is 0.415. The first kappa shape index (κ1) is 18.1. The molecule has 0 aliphatic carbocycles. The summed E-state index contributed by atoms with van der Waals surface area (Å²) in [4.78, 5) is 5.39. The van der Waals surface area contributed by atoms with Crippen molar-refractivity contribution < 1.29 is 13.2 Å². The molecule has 31 heavy (non-hydrogen) atoms. The van der Waals surface area contributed by atoms with Gasteiger partial charge >= 0.3 is 0 Å². The zero-order valence-electron chi connectivity index (χ0n) is 16.7. The van der Waals surface area contributed by atoms with Gasteiger partial charge < -0.3 is 4.74 Å². The van der Waals surface area contributed by atoms with E-state index in [9.17, 15) is 8.42 Å². The van der Waals surface area contributed by atoms with E-state index in [1.807, 2.05) is 66.7 Å². The first-order chi connectivity index (χ1) is 15.1. The number of hydrogen-bond donors (Lipinski definition) is 0. The number of ether oxygens (including phenoxy) is 1. The Morgan fingerprint density at radius 2 is 1.52 bits per heavy atom. The number of methoxy groups -OCH3 is 1. The van der Waals surface area contributed by atoms with E-state index in [1.165, 1.54) is 0 Å². The van der Waals surface area contributed by atoms with Gasteiger partial charge in [0, 0.05) is 33.7 Å². The summed E-state index contributed by atoms with van der Waals surface area (Å²) in [5.41, 5.74) is 3.33. The Morgan fingerprint density at radius 1 is 0.742 bits per heavy atom. The van der Waals surface area contributed by atoms with Crippen molar-refractivity contribution in [3.05, 3.63) is 85.1 Å². The van der Waals surface area contributed by atoms with Gasteiger partial charge in [-0.25, -0.2) is 8.42 Å². The van der Waals surface area contributed by atoms with Crippen LogP contribution in [0.3, 0.4) is 0 Å². The van der Waals surface area contributed by atoms with Crippen molar-refractivity contribution in [1.82, 2.24) is 4.98 Å². The largest absolute Gasteiger partial charge is 0.497 e. The van der Waals surface area contributed by atoms with Crippen LogP contribution in [-0.2, 0) is 9.84 Å². The maximum Gasteiger partial charge on any atom is 0.208 e. The maximum absolute atomic E-state index is 13.4. The molecule has 6 rings (SSSR count). The van der Waals surface area contributed by atoms with Crippen molar-refractivity contribution in [3.8, 4) is 28.1 Å². The molecule has 1 aliphatic heterocycles. The van der Waals surface area contributed by atoms with E-state index in [2.05, 4.69) is 4.98 Å². The number of rotatable bonds is 2. The second-order valence-electron chi connectivity index (χ2n) is 7.59. The Labute approximate surface area is 179 Å². The summed E-state index contributed by atoms with van der Waals surface area (Å²) < 4.78 is 32.1. The summed E-state index contributed by atoms with van der Waals surface area (Å²) in [6.45, 7) is 0. The second-order valence-corrected chi connectivity index (χ2v) is 9.44. The van der Waals surface area contributed by atoms with Gasteiger partial charge in [0.15, 0.2) is 0 Å². The summed E-state index contributed by atoms with van der Waals surface area (Å²) in [5, 5.41) is 3.58. The molecular weight excluding hydrogens is 406 g/mol. The molecule has 0 saturated heterocycles. The van der Waals surface area contributed by atoms with Crippen LogP contribution in [0.25, 0.3) is 43.9 Å². The molecule has 0 bridgehead atoms. The van der Waals surface area contributed by atoms with Gasteiger partial charge in [0.1, 0.15) is 5.75 Å². The number of fused-ring (bicyclic) bond motifs is 7. The molecule has 0 atom stereocenters. The molecule has 4 nitrogen and oxygen atoms in total. The molecule has 5 heteroatoms. The van der Waals surface area contributed by atoms with E-state index in [1.54, 1.807) is 25.4 Å². The van der Waals surface area contributed by atoms with Gasteiger partial charge in [-0.1, -0.05) is 54.6 Å². The smallest absolute Gasteiger partial charge is 0.208 e. The Kier molecular flexibility index (Phi) is 3.73. The molecular formula is C26H17NO3S. The van der Waals surface area contributed by atoms with Crippen LogP contribution in [0, 0.1) is 0 Å². The Bertz CT molecular complexity index is 1640. The van der Waals surface area contributed by atoms with E-state index < -0.39 is 9.84 Å². The molecule has 1 aliphatic rings. The van der Waals surface area contributed by atoms with Crippen molar-refractivity contribution in [2.24, 2.45) is 0 Å². The third-order valence-electron chi connectivity index (χ3n) is 5.97. The minimum Gasteiger partial charge on any atom is -0.497 e. The average molecular weight is 423 g/mol. The fourth-order valence-electron chi connectivity index (χ4n) is 4.58. The first-order valence-corrected chi connectivity index (χ1v) is 11.4. The number of sulfone groups is 1. The van der Waals surface area contributed by atoms with Gasteiger partial charge in [0.25, 0.3) is 0 Å². The lowest BCUT2D eigenvalue weighted by Gasteiger charge is -2.12. The highest BCUT2D eigenvalue weighted by Crippen LogP contribution is 2.47. The lowest BCUT2D eigenvalue weighted by atomic mass is 9.96. The molecule has 0 unspecified atom stereocenters. The van der Waals surface area contributed by atoms with Crippen molar-refractivity contribution in [2.45, 2.75) is 9.79 Å². The SMILES string of the molecule is COc1cccc(-c2nccc3c2ccc2c4c(ccc23)-c2ccccc2S4(=O)=O)c1. The maximum atomic E-state index is 13.4.